The molecule has 2 rings (SSSR count). The van der Waals surface area contributed by atoms with E-state index in [1.54, 1.807) is 10.7 Å². The van der Waals surface area contributed by atoms with Crippen molar-refractivity contribution in [3.8, 4) is 17.5 Å². The SMILES string of the molecule is N#CCCCn1nnnc1-c1ccccc1Cl. The molecule has 1 heterocycles. The van der Waals surface area contributed by atoms with E-state index >= 15 is 0 Å². The van der Waals surface area contributed by atoms with Crippen molar-refractivity contribution >= 4 is 11.6 Å². The Labute approximate surface area is 104 Å². The summed E-state index contributed by atoms with van der Waals surface area (Å²) in [5.41, 5.74) is 0.802. The van der Waals surface area contributed by atoms with Crippen molar-refractivity contribution in [1.82, 2.24) is 20.2 Å². The lowest BCUT2D eigenvalue weighted by atomic mass is 10.2. The first-order valence-corrected chi connectivity index (χ1v) is 5.58. The maximum Gasteiger partial charge on any atom is 0.183 e. The van der Waals surface area contributed by atoms with Gasteiger partial charge in [0.05, 0.1) is 11.1 Å². The van der Waals surface area contributed by atoms with Gasteiger partial charge < -0.3 is 0 Å². The summed E-state index contributed by atoms with van der Waals surface area (Å²) in [6.07, 6.45) is 1.21. The van der Waals surface area contributed by atoms with E-state index in [1.807, 2.05) is 18.2 Å². The number of aryl methyl sites for hydroxylation is 1. The minimum Gasteiger partial charge on any atom is -0.225 e. The lowest BCUT2D eigenvalue weighted by molar-refractivity contribution is 0.569. The molecule has 0 aliphatic carbocycles. The van der Waals surface area contributed by atoms with Gasteiger partial charge in [-0.2, -0.15) is 5.26 Å². The van der Waals surface area contributed by atoms with Crippen LogP contribution in [0.3, 0.4) is 0 Å². The molecule has 0 aliphatic rings. The summed E-state index contributed by atoms with van der Waals surface area (Å²) in [4.78, 5) is 0. The second-order valence-electron chi connectivity index (χ2n) is 3.47. The Morgan fingerprint density at radius 1 is 1.35 bits per heavy atom. The Balaban J connectivity index is 2.25. The number of hydrogen-bond donors (Lipinski definition) is 0. The molecule has 1 aromatic heterocycles. The first-order valence-electron chi connectivity index (χ1n) is 5.21. The summed E-state index contributed by atoms with van der Waals surface area (Å²) in [5.74, 6) is 0.633. The molecule has 5 nitrogen and oxygen atoms in total. The molecule has 0 atom stereocenters. The van der Waals surface area contributed by atoms with Crippen LogP contribution >= 0.6 is 11.6 Å². The van der Waals surface area contributed by atoms with Crippen LogP contribution in [0.1, 0.15) is 12.8 Å². The molecule has 86 valence electrons. The maximum atomic E-state index is 8.49. The lowest BCUT2D eigenvalue weighted by Gasteiger charge is -2.04. The van der Waals surface area contributed by atoms with E-state index in [2.05, 4.69) is 21.6 Å². The largest absolute Gasteiger partial charge is 0.225 e. The third-order valence-electron chi connectivity index (χ3n) is 2.31. The van der Waals surface area contributed by atoms with E-state index < -0.39 is 0 Å². The molecule has 2 aromatic rings. The quantitative estimate of drug-likeness (QED) is 0.778. The molecule has 0 radical (unpaired) electrons. The van der Waals surface area contributed by atoms with E-state index in [9.17, 15) is 0 Å². The van der Waals surface area contributed by atoms with E-state index in [0.717, 1.165) is 12.0 Å². The summed E-state index contributed by atoms with van der Waals surface area (Å²) in [6.45, 7) is 0.612. The fourth-order valence-corrected chi connectivity index (χ4v) is 1.72. The van der Waals surface area contributed by atoms with E-state index in [0.29, 0.717) is 23.8 Å². The smallest absolute Gasteiger partial charge is 0.183 e. The molecule has 0 fully saturated rings. The van der Waals surface area contributed by atoms with Gasteiger partial charge >= 0.3 is 0 Å². The highest BCUT2D eigenvalue weighted by atomic mass is 35.5. The van der Waals surface area contributed by atoms with Crippen LogP contribution in [0.4, 0.5) is 0 Å². The summed E-state index contributed by atoms with van der Waals surface area (Å²) >= 11 is 6.09. The number of unbranched alkanes of at least 4 members (excludes halogenated alkanes) is 1. The Morgan fingerprint density at radius 3 is 2.94 bits per heavy atom. The molecule has 6 heteroatoms. The number of nitriles is 1. The number of halogens is 1. The van der Waals surface area contributed by atoms with Crippen molar-refractivity contribution < 1.29 is 0 Å². The van der Waals surface area contributed by atoms with Gasteiger partial charge in [0.25, 0.3) is 0 Å². The van der Waals surface area contributed by atoms with Gasteiger partial charge in [-0.1, -0.05) is 23.7 Å². The molecule has 0 aliphatic heterocycles. The first kappa shape index (κ1) is 11.6. The molecular weight excluding hydrogens is 238 g/mol. The van der Waals surface area contributed by atoms with Gasteiger partial charge in [-0.25, -0.2) is 4.68 Å². The number of tetrazole rings is 1. The zero-order chi connectivity index (χ0) is 12.1. The predicted octanol–water partition coefficient (Wildman–Crippen LogP) is 2.30. The third kappa shape index (κ3) is 2.60. The van der Waals surface area contributed by atoms with Crippen molar-refractivity contribution in [2.45, 2.75) is 19.4 Å². The second-order valence-corrected chi connectivity index (χ2v) is 3.87. The zero-order valence-corrected chi connectivity index (χ0v) is 9.80. The zero-order valence-electron chi connectivity index (χ0n) is 9.04. The van der Waals surface area contributed by atoms with Crippen molar-refractivity contribution in [2.75, 3.05) is 0 Å². The minimum absolute atomic E-state index is 0.488. The van der Waals surface area contributed by atoms with Crippen LogP contribution < -0.4 is 0 Å². The van der Waals surface area contributed by atoms with Crippen molar-refractivity contribution in [3.63, 3.8) is 0 Å². The van der Waals surface area contributed by atoms with Gasteiger partial charge in [0.1, 0.15) is 0 Å². The molecule has 17 heavy (non-hydrogen) atoms. The van der Waals surface area contributed by atoms with E-state index in [1.165, 1.54) is 0 Å². The summed E-state index contributed by atoms with van der Waals surface area (Å²) < 4.78 is 1.67. The van der Waals surface area contributed by atoms with Gasteiger partial charge in [-0.15, -0.1) is 5.10 Å². The lowest BCUT2D eigenvalue weighted by Crippen LogP contribution is -2.03. The van der Waals surface area contributed by atoms with Crippen LogP contribution in [0.15, 0.2) is 24.3 Å². The topological polar surface area (TPSA) is 67.4 Å². The molecule has 0 bridgehead atoms. The highest BCUT2D eigenvalue weighted by Gasteiger charge is 2.11. The van der Waals surface area contributed by atoms with Crippen molar-refractivity contribution in [1.29, 1.82) is 5.26 Å². The Bertz CT molecular complexity index is 543. The maximum absolute atomic E-state index is 8.49. The monoisotopic (exact) mass is 247 g/mol. The minimum atomic E-state index is 0.488. The summed E-state index contributed by atoms with van der Waals surface area (Å²) in [6, 6.07) is 9.50. The van der Waals surface area contributed by atoms with Crippen LogP contribution in [0.2, 0.25) is 5.02 Å². The Kier molecular flexibility index (Phi) is 3.68. The van der Waals surface area contributed by atoms with Gasteiger partial charge in [-0.3, -0.25) is 0 Å². The standard InChI is InChI=1S/C11H10ClN5/c12-10-6-2-1-5-9(10)11-14-15-16-17(11)8-4-3-7-13/h1-2,5-6H,3-4,8H2. The molecule has 1 aromatic carbocycles. The Morgan fingerprint density at radius 2 is 2.18 bits per heavy atom. The van der Waals surface area contributed by atoms with Gasteiger partial charge in [-0.05, 0) is 29.0 Å². The van der Waals surface area contributed by atoms with Crippen molar-refractivity contribution in [3.05, 3.63) is 29.3 Å². The van der Waals surface area contributed by atoms with Crippen LogP contribution in [-0.2, 0) is 6.54 Å². The van der Waals surface area contributed by atoms with Crippen molar-refractivity contribution in [2.24, 2.45) is 0 Å². The first-order chi connectivity index (χ1) is 8.33. The van der Waals surface area contributed by atoms with Crippen LogP contribution in [0.25, 0.3) is 11.4 Å². The van der Waals surface area contributed by atoms with Gasteiger partial charge in [0.2, 0.25) is 0 Å². The number of benzene rings is 1. The molecular formula is C11H10ClN5. The third-order valence-corrected chi connectivity index (χ3v) is 2.63. The molecule has 0 amide bonds. The summed E-state index contributed by atoms with van der Waals surface area (Å²) in [5, 5.41) is 20.6. The Hall–Kier alpha value is -1.93. The molecule has 0 N–H and O–H groups in total. The predicted molar refractivity (Wildman–Crippen MR) is 63.1 cm³/mol. The average molecular weight is 248 g/mol. The fourth-order valence-electron chi connectivity index (χ4n) is 1.50. The average Bonchev–Trinajstić information content (AvgIpc) is 2.78. The normalized spacial score (nSPS) is 10.1. The van der Waals surface area contributed by atoms with Crippen LogP contribution in [0.5, 0.6) is 0 Å². The molecule has 0 saturated carbocycles. The highest BCUT2D eigenvalue weighted by Crippen LogP contribution is 2.25. The summed E-state index contributed by atoms with van der Waals surface area (Å²) in [7, 11) is 0. The second kappa shape index (κ2) is 5.41. The molecule has 0 unspecified atom stereocenters. The van der Waals surface area contributed by atoms with Gasteiger partial charge in [0, 0.05) is 18.5 Å². The van der Waals surface area contributed by atoms with E-state index in [-0.39, 0.29) is 0 Å². The fraction of sp³-hybridized carbons (Fsp3) is 0.273. The van der Waals surface area contributed by atoms with E-state index in [4.69, 9.17) is 16.9 Å². The van der Waals surface area contributed by atoms with Crippen LogP contribution in [-0.4, -0.2) is 20.2 Å². The van der Waals surface area contributed by atoms with Crippen LogP contribution in [0, 0.1) is 11.3 Å². The molecule has 0 spiro atoms. The van der Waals surface area contributed by atoms with Gasteiger partial charge in [0.15, 0.2) is 5.82 Å². The number of rotatable bonds is 4. The highest BCUT2D eigenvalue weighted by molar-refractivity contribution is 6.33. The number of nitrogens with zero attached hydrogens (tertiary/aromatic N) is 5. The molecule has 0 saturated heterocycles. The number of aromatic nitrogens is 4. The number of hydrogen-bond acceptors (Lipinski definition) is 4.